The minimum atomic E-state index is 0.0347. The van der Waals surface area contributed by atoms with Crippen LogP contribution in [-0.2, 0) is 6.61 Å². The maximum absolute atomic E-state index is 8.85. The normalized spacial score (nSPS) is 24.7. The van der Waals surface area contributed by atoms with Gasteiger partial charge in [-0.25, -0.2) is 4.98 Å². The van der Waals surface area contributed by atoms with E-state index in [9.17, 15) is 0 Å². The van der Waals surface area contributed by atoms with Crippen molar-refractivity contribution in [3.63, 3.8) is 0 Å². The molecule has 0 aromatic carbocycles. The highest BCUT2D eigenvalue weighted by Gasteiger charge is 2.27. The molecule has 1 heterocycles. The fraction of sp³-hybridized carbons (Fsp3) is 0.583. The molecule has 0 bridgehead atoms. The Morgan fingerprint density at radius 2 is 2.33 bits per heavy atom. The molecule has 2 atom stereocenters. The number of aliphatic hydroxyl groups excluding tert-OH is 1. The van der Waals surface area contributed by atoms with Gasteiger partial charge in [0.15, 0.2) is 0 Å². The molecule has 0 unspecified atom stereocenters. The quantitative estimate of drug-likeness (QED) is 0.821. The number of nitrogens with zero attached hydrogens (tertiary/aromatic N) is 1. The predicted octanol–water partition coefficient (Wildman–Crippen LogP) is 2.00. The van der Waals surface area contributed by atoms with Gasteiger partial charge >= 0.3 is 0 Å². The first-order valence-corrected chi connectivity index (χ1v) is 5.48. The average molecular weight is 207 g/mol. The lowest BCUT2D eigenvalue weighted by molar-refractivity contribution is 0.113. The highest BCUT2D eigenvalue weighted by molar-refractivity contribution is 5.17. The van der Waals surface area contributed by atoms with Crippen LogP contribution in [0, 0.1) is 11.8 Å². The fourth-order valence-electron chi connectivity index (χ4n) is 1.77. The molecule has 15 heavy (non-hydrogen) atoms. The lowest BCUT2D eigenvalue weighted by Crippen LogP contribution is -2.28. The highest BCUT2D eigenvalue weighted by atomic mass is 16.5. The summed E-state index contributed by atoms with van der Waals surface area (Å²) in [7, 11) is 0. The topological polar surface area (TPSA) is 42.4 Å². The van der Waals surface area contributed by atoms with Gasteiger partial charge in [0.05, 0.1) is 13.2 Å². The molecule has 0 amide bonds. The zero-order valence-electron chi connectivity index (χ0n) is 9.02. The maximum atomic E-state index is 8.85. The van der Waals surface area contributed by atoms with Crippen LogP contribution in [0.4, 0.5) is 0 Å². The number of pyridine rings is 1. The van der Waals surface area contributed by atoms with Crippen molar-refractivity contribution in [2.45, 2.75) is 26.4 Å². The summed E-state index contributed by atoms with van der Waals surface area (Å²) in [6.07, 6.45) is 4.25. The number of hydrogen-bond acceptors (Lipinski definition) is 3. The van der Waals surface area contributed by atoms with Crippen LogP contribution in [0.5, 0.6) is 5.88 Å². The molecule has 0 aliphatic heterocycles. The molecule has 0 spiro atoms. The lowest BCUT2D eigenvalue weighted by Gasteiger charge is -2.33. The molecule has 3 nitrogen and oxygen atoms in total. The van der Waals surface area contributed by atoms with Gasteiger partial charge in [0.1, 0.15) is 0 Å². The Bertz CT molecular complexity index is 310. The zero-order valence-corrected chi connectivity index (χ0v) is 9.02. The van der Waals surface area contributed by atoms with E-state index in [2.05, 4.69) is 11.9 Å². The number of aliphatic hydroxyl groups is 1. The molecular formula is C12H17NO2. The van der Waals surface area contributed by atoms with E-state index in [-0.39, 0.29) is 6.61 Å². The summed E-state index contributed by atoms with van der Waals surface area (Å²) in [6, 6.07) is 3.65. The molecule has 3 heteroatoms. The summed E-state index contributed by atoms with van der Waals surface area (Å²) >= 11 is 0. The van der Waals surface area contributed by atoms with Crippen LogP contribution in [0.25, 0.3) is 0 Å². The Morgan fingerprint density at radius 1 is 1.47 bits per heavy atom. The van der Waals surface area contributed by atoms with Gasteiger partial charge in [0.25, 0.3) is 0 Å². The average Bonchev–Trinajstić information content (AvgIpc) is 2.28. The summed E-state index contributed by atoms with van der Waals surface area (Å²) < 4.78 is 5.59. The first-order valence-electron chi connectivity index (χ1n) is 5.48. The Labute approximate surface area is 90.1 Å². The minimum absolute atomic E-state index is 0.0347. The SMILES string of the molecule is C[C@@H]1CC[C@H]1COc1ccc(CO)cn1. The van der Waals surface area contributed by atoms with Gasteiger partial charge in [0, 0.05) is 12.3 Å². The third-order valence-corrected chi connectivity index (χ3v) is 3.22. The number of ether oxygens (including phenoxy) is 1. The van der Waals surface area contributed by atoms with Gasteiger partial charge in [-0.3, -0.25) is 0 Å². The zero-order chi connectivity index (χ0) is 10.7. The van der Waals surface area contributed by atoms with Gasteiger partial charge in [-0.05, 0) is 36.3 Å². The van der Waals surface area contributed by atoms with Crippen LogP contribution in [0.2, 0.25) is 0 Å². The first-order chi connectivity index (χ1) is 7.29. The van der Waals surface area contributed by atoms with Gasteiger partial charge in [0.2, 0.25) is 5.88 Å². The highest BCUT2D eigenvalue weighted by Crippen LogP contribution is 2.33. The van der Waals surface area contributed by atoms with E-state index in [1.165, 1.54) is 12.8 Å². The maximum Gasteiger partial charge on any atom is 0.213 e. The molecular weight excluding hydrogens is 190 g/mol. The van der Waals surface area contributed by atoms with E-state index in [0.29, 0.717) is 11.8 Å². The minimum Gasteiger partial charge on any atom is -0.477 e. The van der Waals surface area contributed by atoms with Crippen LogP contribution in [0.15, 0.2) is 18.3 Å². The molecule has 0 radical (unpaired) electrons. The molecule has 1 fully saturated rings. The van der Waals surface area contributed by atoms with Crippen LogP contribution in [-0.4, -0.2) is 16.7 Å². The van der Waals surface area contributed by atoms with Crippen molar-refractivity contribution < 1.29 is 9.84 Å². The summed E-state index contributed by atoms with van der Waals surface area (Å²) in [5, 5.41) is 8.85. The van der Waals surface area contributed by atoms with Gasteiger partial charge in [-0.2, -0.15) is 0 Å². The third-order valence-electron chi connectivity index (χ3n) is 3.22. The van der Waals surface area contributed by atoms with E-state index in [1.807, 2.05) is 12.1 Å². The van der Waals surface area contributed by atoms with Crippen molar-refractivity contribution in [1.29, 1.82) is 0 Å². The molecule has 0 saturated heterocycles. The van der Waals surface area contributed by atoms with E-state index >= 15 is 0 Å². The molecule has 1 N–H and O–H groups in total. The predicted molar refractivity (Wildman–Crippen MR) is 57.5 cm³/mol. The van der Waals surface area contributed by atoms with E-state index < -0.39 is 0 Å². The summed E-state index contributed by atoms with van der Waals surface area (Å²) in [6.45, 7) is 3.07. The van der Waals surface area contributed by atoms with Crippen molar-refractivity contribution in [2.75, 3.05) is 6.61 Å². The molecule has 82 valence electrons. The second-order valence-corrected chi connectivity index (χ2v) is 4.29. The summed E-state index contributed by atoms with van der Waals surface area (Å²) in [4.78, 5) is 4.12. The van der Waals surface area contributed by atoms with Crippen LogP contribution >= 0.6 is 0 Å². The Balaban J connectivity index is 1.82. The Kier molecular flexibility index (Phi) is 3.21. The van der Waals surface area contributed by atoms with Gasteiger partial charge in [-0.1, -0.05) is 6.92 Å². The van der Waals surface area contributed by atoms with Crippen molar-refractivity contribution in [3.05, 3.63) is 23.9 Å². The monoisotopic (exact) mass is 207 g/mol. The molecule has 2 rings (SSSR count). The molecule has 1 aliphatic rings. The summed E-state index contributed by atoms with van der Waals surface area (Å²) in [5.41, 5.74) is 0.819. The molecule has 1 aromatic heterocycles. The van der Waals surface area contributed by atoms with Crippen molar-refractivity contribution in [3.8, 4) is 5.88 Å². The fourth-order valence-corrected chi connectivity index (χ4v) is 1.77. The number of aromatic nitrogens is 1. The van der Waals surface area contributed by atoms with E-state index in [0.717, 1.165) is 18.1 Å². The standard InChI is InChI=1S/C12H17NO2/c1-9-2-4-11(9)8-15-12-5-3-10(7-14)6-13-12/h3,5-6,9,11,14H,2,4,7-8H2,1H3/t9-,11+/m1/s1. The molecule has 1 saturated carbocycles. The van der Waals surface area contributed by atoms with Crippen LogP contribution in [0.1, 0.15) is 25.3 Å². The van der Waals surface area contributed by atoms with E-state index in [1.54, 1.807) is 6.20 Å². The van der Waals surface area contributed by atoms with Crippen LogP contribution < -0.4 is 4.74 Å². The number of rotatable bonds is 4. The number of hydrogen-bond donors (Lipinski definition) is 1. The molecule has 1 aromatic rings. The van der Waals surface area contributed by atoms with Crippen molar-refractivity contribution >= 4 is 0 Å². The van der Waals surface area contributed by atoms with Crippen LogP contribution in [0.3, 0.4) is 0 Å². The smallest absolute Gasteiger partial charge is 0.213 e. The van der Waals surface area contributed by atoms with Gasteiger partial charge in [-0.15, -0.1) is 0 Å². The largest absolute Gasteiger partial charge is 0.477 e. The Morgan fingerprint density at radius 3 is 2.80 bits per heavy atom. The molecule has 1 aliphatic carbocycles. The van der Waals surface area contributed by atoms with Crippen molar-refractivity contribution in [2.24, 2.45) is 11.8 Å². The second-order valence-electron chi connectivity index (χ2n) is 4.29. The third kappa shape index (κ3) is 2.48. The van der Waals surface area contributed by atoms with E-state index in [4.69, 9.17) is 9.84 Å². The second kappa shape index (κ2) is 4.62. The van der Waals surface area contributed by atoms with Crippen molar-refractivity contribution in [1.82, 2.24) is 4.98 Å². The lowest BCUT2D eigenvalue weighted by atomic mass is 9.75. The van der Waals surface area contributed by atoms with Gasteiger partial charge < -0.3 is 9.84 Å². The summed E-state index contributed by atoms with van der Waals surface area (Å²) in [5.74, 6) is 2.15. The first kappa shape index (κ1) is 10.4. The Hall–Kier alpha value is -1.09.